The molecule has 11 aromatic rings. The van der Waals surface area contributed by atoms with Gasteiger partial charge in [0.05, 0.1) is 54.7 Å². The number of rotatable bonds is 4. The van der Waals surface area contributed by atoms with E-state index in [4.69, 9.17) is 31.9 Å². The molecule has 0 saturated carbocycles. The standard InChI is InChI=1S/C32H18O4.C18H28B2O4.C13H7BrO2.CH3/c33-31-23-8-1-3-10-27(23)35-29-14-12-21(17-25(29)31)19-6-5-7-20(16-19)22-13-15-30-26(18-22)32(34)24-9-2-4-11-28(24)36-30;1-15(2)16(3,4)22-19(21-15)13-10-9-11-14(12-13)20-23-17(5,6)18(7,8)24-20;14-8-5-6-12-10(7-8)13(15)9-3-1-2-4-11(9)16-12;/h1-18H;9-12H,1-8H3;1-7H;1H3/q;;;-1. The van der Waals surface area contributed by atoms with E-state index in [0.29, 0.717) is 65.8 Å². The zero-order valence-electron chi connectivity index (χ0n) is 44.4. The lowest BCUT2D eigenvalue weighted by Crippen LogP contribution is -2.41. The van der Waals surface area contributed by atoms with Crippen molar-refractivity contribution in [2.45, 2.75) is 77.8 Å². The van der Waals surface area contributed by atoms with E-state index < -0.39 is 0 Å². The van der Waals surface area contributed by atoms with Gasteiger partial charge in [-0.25, -0.2) is 0 Å². The number of para-hydroxylation sites is 3. The van der Waals surface area contributed by atoms with Crippen LogP contribution in [0.1, 0.15) is 55.4 Å². The summed E-state index contributed by atoms with van der Waals surface area (Å²) < 4.78 is 43.0. The highest BCUT2D eigenvalue weighted by Gasteiger charge is 2.54. The molecule has 2 fully saturated rings. The van der Waals surface area contributed by atoms with Gasteiger partial charge < -0.3 is 39.3 Å². The van der Waals surface area contributed by atoms with Crippen LogP contribution in [0.25, 0.3) is 88.1 Å². The number of halogens is 1. The van der Waals surface area contributed by atoms with Gasteiger partial charge >= 0.3 is 14.2 Å². The van der Waals surface area contributed by atoms with Crippen molar-refractivity contribution in [1.29, 1.82) is 0 Å². The molecular weight excluding hydrogens is 1030 g/mol. The van der Waals surface area contributed by atoms with E-state index in [1.165, 1.54) is 0 Å². The van der Waals surface area contributed by atoms with E-state index in [1.54, 1.807) is 48.5 Å². The molecule has 13 rings (SSSR count). The third kappa shape index (κ3) is 9.99. The molecule has 3 aromatic heterocycles. The van der Waals surface area contributed by atoms with Gasteiger partial charge in [0.2, 0.25) is 16.3 Å². The molecule has 5 heterocycles. The Kier molecular flexibility index (Phi) is 13.9. The molecule has 0 radical (unpaired) electrons. The van der Waals surface area contributed by atoms with E-state index in [0.717, 1.165) is 37.7 Å². The van der Waals surface area contributed by atoms with Crippen LogP contribution in [0.2, 0.25) is 0 Å². The molecule has 77 heavy (non-hydrogen) atoms. The van der Waals surface area contributed by atoms with Crippen LogP contribution in [0, 0.1) is 7.43 Å². The second-order valence-corrected chi connectivity index (χ2v) is 22.2. The van der Waals surface area contributed by atoms with Gasteiger partial charge in [0.1, 0.15) is 33.5 Å². The Morgan fingerprint density at radius 2 is 0.636 bits per heavy atom. The largest absolute Gasteiger partial charge is 0.494 e. The second kappa shape index (κ2) is 20.2. The topological polar surface area (TPSA) is 128 Å². The van der Waals surface area contributed by atoms with Gasteiger partial charge in [0.15, 0.2) is 0 Å². The quantitative estimate of drug-likeness (QED) is 0.0955. The highest BCUT2D eigenvalue weighted by molar-refractivity contribution is 9.10. The van der Waals surface area contributed by atoms with Crippen LogP contribution < -0.4 is 27.2 Å². The van der Waals surface area contributed by atoms with Crippen molar-refractivity contribution in [2.75, 3.05) is 0 Å². The Labute approximate surface area is 455 Å². The van der Waals surface area contributed by atoms with E-state index in [9.17, 15) is 14.4 Å². The molecule has 0 N–H and O–H groups in total. The van der Waals surface area contributed by atoms with Crippen LogP contribution in [0.5, 0.6) is 0 Å². The maximum Gasteiger partial charge on any atom is 0.494 e. The second-order valence-electron chi connectivity index (χ2n) is 21.3. The maximum absolute atomic E-state index is 13.1. The predicted molar refractivity (Wildman–Crippen MR) is 316 cm³/mol. The molecule has 8 aromatic carbocycles. The molecule has 386 valence electrons. The Hall–Kier alpha value is -7.38. The first-order valence-electron chi connectivity index (χ1n) is 25.2. The monoisotopic (exact) mass is 1090 g/mol. The fourth-order valence-electron chi connectivity index (χ4n) is 9.43. The van der Waals surface area contributed by atoms with Crippen molar-refractivity contribution >= 4 is 107 Å². The summed E-state index contributed by atoms with van der Waals surface area (Å²) in [5.41, 5.74) is 7.80. The molecule has 0 atom stereocenters. The highest BCUT2D eigenvalue weighted by atomic mass is 79.9. The number of hydrogen-bond acceptors (Lipinski definition) is 10. The summed E-state index contributed by atoms with van der Waals surface area (Å²) in [6, 6.07) is 54.8. The molecule has 2 aliphatic rings. The minimum Gasteiger partial charge on any atom is -0.456 e. The van der Waals surface area contributed by atoms with Crippen LogP contribution in [-0.4, -0.2) is 36.6 Å². The summed E-state index contributed by atoms with van der Waals surface area (Å²) in [6.07, 6.45) is 0. The maximum atomic E-state index is 13.1. The highest BCUT2D eigenvalue weighted by Crippen LogP contribution is 2.38. The van der Waals surface area contributed by atoms with Crippen LogP contribution in [-0.2, 0) is 18.6 Å². The number of fused-ring (bicyclic) bond motifs is 6. The van der Waals surface area contributed by atoms with Gasteiger partial charge in [-0.05, 0) is 173 Å². The lowest BCUT2D eigenvalue weighted by Gasteiger charge is -2.32. The summed E-state index contributed by atoms with van der Waals surface area (Å²) in [4.78, 5) is 38.4. The molecule has 0 amide bonds. The predicted octanol–water partition coefficient (Wildman–Crippen LogP) is 14.0. The summed E-state index contributed by atoms with van der Waals surface area (Å²) in [6.45, 7) is 16.5. The van der Waals surface area contributed by atoms with Gasteiger partial charge in [-0.1, -0.05) is 107 Å². The van der Waals surface area contributed by atoms with Crippen molar-refractivity contribution < 1.29 is 31.9 Å². The molecule has 2 saturated heterocycles. The minimum absolute atomic E-state index is 0. The summed E-state index contributed by atoms with van der Waals surface area (Å²) in [5.74, 6) is 0. The molecule has 0 unspecified atom stereocenters. The lowest BCUT2D eigenvalue weighted by molar-refractivity contribution is 0.00578. The van der Waals surface area contributed by atoms with E-state index in [-0.39, 0.29) is 60.4 Å². The van der Waals surface area contributed by atoms with Crippen molar-refractivity contribution in [3.8, 4) is 22.3 Å². The van der Waals surface area contributed by atoms with E-state index in [1.807, 2.05) is 115 Å². The first kappa shape index (κ1) is 53.0. The number of benzene rings is 8. The third-order valence-corrected chi connectivity index (χ3v) is 15.7. The third-order valence-electron chi connectivity index (χ3n) is 15.2. The average Bonchev–Trinajstić information content (AvgIpc) is 3.81. The lowest BCUT2D eigenvalue weighted by atomic mass is 9.72. The zero-order chi connectivity index (χ0) is 53.3. The molecule has 2 aliphatic heterocycles. The van der Waals surface area contributed by atoms with Crippen molar-refractivity contribution in [3.05, 3.63) is 218 Å². The van der Waals surface area contributed by atoms with Gasteiger partial charge in [0.25, 0.3) is 0 Å². The van der Waals surface area contributed by atoms with Crippen LogP contribution in [0.4, 0.5) is 0 Å². The molecule has 13 heteroatoms. The van der Waals surface area contributed by atoms with Crippen LogP contribution in [0.3, 0.4) is 0 Å². The zero-order valence-corrected chi connectivity index (χ0v) is 45.9. The normalized spacial score (nSPS) is 16.1. The Bertz CT molecular complexity index is 4040. The van der Waals surface area contributed by atoms with E-state index >= 15 is 0 Å². The van der Waals surface area contributed by atoms with Gasteiger partial charge in [-0.15, -0.1) is 0 Å². The molecule has 0 bridgehead atoms. The molecule has 0 aliphatic carbocycles. The fraction of sp³-hybridized carbons (Fsp3) is 0.188. The minimum atomic E-state index is -0.377. The average molecular weight is 1090 g/mol. The smallest absolute Gasteiger partial charge is 0.456 e. The molecule has 0 spiro atoms. The van der Waals surface area contributed by atoms with Crippen LogP contribution in [0.15, 0.2) is 208 Å². The van der Waals surface area contributed by atoms with Gasteiger partial charge in [-0.3, -0.25) is 14.4 Å². The van der Waals surface area contributed by atoms with Crippen molar-refractivity contribution in [2.24, 2.45) is 0 Å². The van der Waals surface area contributed by atoms with E-state index in [2.05, 4.69) is 83.5 Å². The first-order chi connectivity index (χ1) is 36.3. The summed E-state index contributed by atoms with van der Waals surface area (Å²) in [7, 11) is -0.755. The first-order valence-corrected chi connectivity index (χ1v) is 26.0. The summed E-state index contributed by atoms with van der Waals surface area (Å²) in [5, 5.41) is 3.46. The Balaban J connectivity index is 0.000000142. The Morgan fingerprint density at radius 3 is 1.03 bits per heavy atom. The van der Waals surface area contributed by atoms with Gasteiger partial charge in [-0.2, -0.15) is 0 Å². The Morgan fingerprint density at radius 1 is 0.325 bits per heavy atom. The van der Waals surface area contributed by atoms with Crippen molar-refractivity contribution in [1.82, 2.24) is 0 Å². The van der Waals surface area contributed by atoms with Crippen molar-refractivity contribution in [3.63, 3.8) is 0 Å². The van der Waals surface area contributed by atoms with Crippen LogP contribution >= 0.6 is 15.9 Å². The SMILES string of the molecule is CC1(C)OB(c2cccc(B3OC(C)(C)C(C)(C)O3)c2)OC1(C)C.O=c1c2ccccc2oc2ccc(-c3cccc(-c4ccc5oc6ccccc6c(=O)c5c4)c3)cc12.O=c1c2ccccc2oc2ccc(Br)cc12.[CH3-]. The van der Waals surface area contributed by atoms with Gasteiger partial charge in [0, 0.05) is 4.47 Å². The summed E-state index contributed by atoms with van der Waals surface area (Å²) >= 11 is 3.35. The number of hydrogen-bond donors (Lipinski definition) is 0. The molecular formula is C64H56B2BrO10-. The molecule has 10 nitrogen and oxygen atoms in total. The fourth-order valence-corrected chi connectivity index (χ4v) is 9.79.